The molecule has 2 atom stereocenters. The van der Waals surface area contributed by atoms with Crippen molar-refractivity contribution in [2.45, 2.75) is 19.0 Å². The maximum Gasteiger partial charge on any atom is 0.225 e. The molecule has 21 heavy (non-hydrogen) atoms. The zero-order valence-corrected chi connectivity index (χ0v) is 12.1. The van der Waals surface area contributed by atoms with Crippen molar-refractivity contribution in [3.8, 4) is 0 Å². The zero-order valence-electron chi connectivity index (χ0n) is 11.3. The number of halogens is 1. The minimum absolute atomic E-state index is 0.0179. The fourth-order valence-electron chi connectivity index (χ4n) is 2.48. The Balaban J connectivity index is 1.83. The van der Waals surface area contributed by atoms with Gasteiger partial charge in [-0.25, -0.2) is 14.6 Å². The van der Waals surface area contributed by atoms with Gasteiger partial charge in [0, 0.05) is 26.2 Å². The first-order chi connectivity index (χ1) is 10.1. The van der Waals surface area contributed by atoms with Crippen molar-refractivity contribution >= 4 is 23.5 Å². The van der Waals surface area contributed by atoms with Crippen LogP contribution in [0.15, 0.2) is 24.8 Å². The van der Waals surface area contributed by atoms with Crippen LogP contribution in [0.1, 0.15) is 13.0 Å². The van der Waals surface area contributed by atoms with Gasteiger partial charge < -0.3 is 10.2 Å². The summed E-state index contributed by atoms with van der Waals surface area (Å²) in [6.07, 6.45) is 6.51. The van der Waals surface area contributed by atoms with E-state index in [1.165, 1.54) is 6.92 Å². The van der Waals surface area contributed by atoms with E-state index >= 15 is 0 Å². The van der Waals surface area contributed by atoms with Crippen molar-refractivity contribution < 1.29 is 4.79 Å². The quantitative estimate of drug-likeness (QED) is 0.876. The molecule has 2 aromatic rings. The van der Waals surface area contributed by atoms with Crippen LogP contribution in [0.5, 0.6) is 0 Å². The molecule has 1 amide bonds. The number of carbonyl (C=O) groups excluding carboxylic acids is 1. The number of aromatic nitrogens is 5. The Morgan fingerprint density at radius 3 is 2.76 bits per heavy atom. The van der Waals surface area contributed by atoms with Gasteiger partial charge in [-0.05, 0) is 0 Å². The van der Waals surface area contributed by atoms with Crippen molar-refractivity contribution in [2.24, 2.45) is 0 Å². The first kappa shape index (κ1) is 13.7. The number of anilines is 1. The van der Waals surface area contributed by atoms with Crippen LogP contribution < -0.4 is 10.2 Å². The lowest BCUT2D eigenvalue weighted by atomic mass is 10.2. The maximum absolute atomic E-state index is 11.4. The molecule has 0 bridgehead atoms. The Hall–Kier alpha value is -2.22. The summed E-state index contributed by atoms with van der Waals surface area (Å²) in [6.45, 7) is 2.74. The SMILES string of the molecule is CC(=O)N[C@@H]1CN(c2ncc(Cl)cn2)C[C@@H]1n1ccnn1. The predicted octanol–water partition coefficient (Wildman–Crippen LogP) is 0.287. The largest absolute Gasteiger partial charge is 0.350 e. The molecule has 0 saturated carbocycles. The topological polar surface area (TPSA) is 88.8 Å². The van der Waals surface area contributed by atoms with Crippen LogP contribution in [-0.4, -0.2) is 50.0 Å². The molecule has 0 unspecified atom stereocenters. The molecule has 1 fully saturated rings. The van der Waals surface area contributed by atoms with Crippen LogP contribution in [0.4, 0.5) is 5.95 Å². The summed E-state index contributed by atoms with van der Waals surface area (Å²) >= 11 is 5.80. The summed E-state index contributed by atoms with van der Waals surface area (Å²) in [5.74, 6) is 0.501. The molecule has 9 heteroatoms. The molecule has 110 valence electrons. The molecule has 0 aliphatic carbocycles. The summed E-state index contributed by atoms with van der Waals surface area (Å²) in [5, 5.41) is 11.3. The highest BCUT2D eigenvalue weighted by Gasteiger charge is 2.36. The van der Waals surface area contributed by atoms with Crippen LogP contribution >= 0.6 is 11.6 Å². The summed E-state index contributed by atoms with van der Waals surface area (Å²) < 4.78 is 1.75. The van der Waals surface area contributed by atoms with E-state index < -0.39 is 0 Å². The summed E-state index contributed by atoms with van der Waals surface area (Å²) in [6, 6.07) is -0.0980. The van der Waals surface area contributed by atoms with Crippen LogP contribution in [-0.2, 0) is 4.79 Å². The molecule has 8 nitrogen and oxygen atoms in total. The maximum atomic E-state index is 11.4. The Morgan fingerprint density at radius 1 is 1.38 bits per heavy atom. The Labute approximate surface area is 126 Å². The van der Waals surface area contributed by atoms with Gasteiger partial charge >= 0.3 is 0 Å². The smallest absolute Gasteiger partial charge is 0.225 e. The minimum atomic E-state index is -0.0801. The number of hydrogen-bond donors (Lipinski definition) is 1. The second-order valence-corrected chi connectivity index (χ2v) is 5.30. The Kier molecular flexibility index (Phi) is 3.70. The average molecular weight is 308 g/mol. The molecule has 1 N–H and O–H groups in total. The number of amides is 1. The average Bonchev–Trinajstić information content (AvgIpc) is 3.08. The third-order valence-corrected chi connectivity index (χ3v) is 3.54. The predicted molar refractivity (Wildman–Crippen MR) is 75.9 cm³/mol. The second-order valence-electron chi connectivity index (χ2n) is 4.86. The fourth-order valence-corrected chi connectivity index (χ4v) is 2.58. The number of nitrogens with one attached hydrogen (secondary N) is 1. The minimum Gasteiger partial charge on any atom is -0.350 e. The lowest BCUT2D eigenvalue weighted by Crippen LogP contribution is -2.40. The van der Waals surface area contributed by atoms with E-state index in [0.29, 0.717) is 24.1 Å². The lowest BCUT2D eigenvalue weighted by Gasteiger charge is -2.18. The monoisotopic (exact) mass is 307 g/mol. The van der Waals surface area contributed by atoms with Gasteiger partial charge in [0.2, 0.25) is 11.9 Å². The Morgan fingerprint density at radius 2 is 2.14 bits per heavy atom. The molecule has 2 aromatic heterocycles. The summed E-state index contributed by atoms with van der Waals surface area (Å²) in [4.78, 5) is 21.8. The number of nitrogens with zero attached hydrogens (tertiary/aromatic N) is 6. The van der Waals surface area contributed by atoms with Crippen LogP contribution in [0.3, 0.4) is 0 Å². The third-order valence-electron chi connectivity index (χ3n) is 3.35. The van der Waals surface area contributed by atoms with Crippen molar-refractivity contribution in [3.05, 3.63) is 29.8 Å². The Bertz CT molecular complexity index is 615. The van der Waals surface area contributed by atoms with Crippen LogP contribution in [0.2, 0.25) is 5.02 Å². The van der Waals surface area contributed by atoms with Gasteiger partial charge in [0.1, 0.15) is 0 Å². The molecule has 1 saturated heterocycles. The molecular weight excluding hydrogens is 294 g/mol. The molecule has 3 rings (SSSR count). The zero-order chi connectivity index (χ0) is 14.8. The summed E-state index contributed by atoms with van der Waals surface area (Å²) in [5.41, 5.74) is 0. The van der Waals surface area contributed by atoms with Crippen molar-refractivity contribution in [1.82, 2.24) is 30.3 Å². The lowest BCUT2D eigenvalue weighted by molar-refractivity contribution is -0.119. The number of rotatable bonds is 3. The van der Waals surface area contributed by atoms with E-state index in [0.717, 1.165) is 0 Å². The van der Waals surface area contributed by atoms with Gasteiger partial charge in [0.05, 0.1) is 35.7 Å². The second kappa shape index (κ2) is 5.65. The van der Waals surface area contributed by atoms with Gasteiger partial charge in [-0.15, -0.1) is 5.10 Å². The molecule has 0 aromatic carbocycles. The molecule has 1 aliphatic rings. The van der Waals surface area contributed by atoms with Crippen LogP contribution in [0, 0.1) is 0 Å². The van der Waals surface area contributed by atoms with Gasteiger partial charge in [0.15, 0.2) is 0 Å². The highest BCUT2D eigenvalue weighted by molar-refractivity contribution is 6.30. The van der Waals surface area contributed by atoms with E-state index in [4.69, 9.17) is 11.6 Å². The van der Waals surface area contributed by atoms with E-state index in [1.54, 1.807) is 29.5 Å². The first-order valence-corrected chi connectivity index (χ1v) is 6.86. The van der Waals surface area contributed by atoms with Crippen molar-refractivity contribution in [1.29, 1.82) is 0 Å². The van der Waals surface area contributed by atoms with E-state index in [2.05, 4.69) is 25.6 Å². The summed E-state index contributed by atoms with van der Waals surface area (Å²) in [7, 11) is 0. The van der Waals surface area contributed by atoms with E-state index in [9.17, 15) is 4.79 Å². The molecule has 3 heterocycles. The van der Waals surface area contributed by atoms with Crippen molar-refractivity contribution in [3.63, 3.8) is 0 Å². The fraction of sp³-hybridized carbons (Fsp3) is 0.417. The van der Waals surface area contributed by atoms with Gasteiger partial charge in [-0.1, -0.05) is 16.8 Å². The van der Waals surface area contributed by atoms with Crippen molar-refractivity contribution in [2.75, 3.05) is 18.0 Å². The highest BCUT2D eigenvalue weighted by atomic mass is 35.5. The molecule has 0 spiro atoms. The highest BCUT2D eigenvalue weighted by Crippen LogP contribution is 2.24. The number of hydrogen-bond acceptors (Lipinski definition) is 6. The van der Waals surface area contributed by atoms with E-state index in [-0.39, 0.29) is 18.0 Å². The third kappa shape index (κ3) is 2.94. The van der Waals surface area contributed by atoms with E-state index in [1.807, 2.05) is 4.90 Å². The first-order valence-electron chi connectivity index (χ1n) is 6.49. The number of carbonyl (C=O) groups is 1. The molecule has 0 radical (unpaired) electrons. The van der Waals surface area contributed by atoms with Gasteiger partial charge in [0.25, 0.3) is 0 Å². The normalized spacial score (nSPS) is 21.5. The standard InChI is InChI=1S/C12H14ClN7O/c1-8(21)17-10-6-19(12-14-4-9(13)5-15-12)7-11(10)20-3-2-16-18-20/h2-5,10-11H,6-7H2,1H3,(H,17,21)/t10-,11+/m1/s1. The molecule has 1 aliphatic heterocycles. The van der Waals surface area contributed by atoms with Crippen LogP contribution in [0.25, 0.3) is 0 Å². The van der Waals surface area contributed by atoms with Gasteiger partial charge in [-0.2, -0.15) is 0 Å². The van der Waals surface area contributed by atoms with Gasteiger partial charge in [-0.3, -0.25) is 4.79 Å². The molecular formula is C12H14ClN7O.